The van der Waals surface area contributed by atoms with Crippen LogP contribution < -0.4 is 5.32 Å². The number of carbonyl (C=O) groups is 2. The van der Waals surface area contributed by atoms with Crippen LogP contribution >= 0.6 is 27.7 Å². The van der Waals surface area contributed by atoms with Gasteiger partial charge in [-0.2, -0.15) is 0 Å². The van der Waals surface area contributed by atoms with E-state index in [0.717, 1.165) is 22.2 Å². The van der Waals surface area contributed by atoms with E-state index < -0.39 is 6.04 Å². The summed E-state index contributed by atoms with van der Waals surface area (Å²) in [5.74, 6) is 0.985. The molecule has 2 amide bonds. The fourth-order valence-corrected chi connectivity index (χ4v) is 4.37. The van der Waals surface area contributed by atoms with E-state index >= 15 is 0 Å². The van der Waals surface area contributed by atoms with Crippen molar-refractivity contribution in [3.05, 3.63) is 69.2 Å². The summed E-state index contributed by atoms with van der Waals surface area (Å²) in [5.41, 5.74) is 4.68. The van der Waals surface area contributed by atoms with Crippen molar-refractivity contribution in [1.29, 1.82) is 0 Å². The first-order chi connectivity index (χ1) is 14.3. The summed E-state index contributed by atoms with van der Waals surface area (Å²) < 4.78 is 0.988. The monoisotopic (exact) mass is 490 g/mol. The Morgan fingerprint density at radius 3 is 2.30 bits per heavy atom. The average Bonchev–Trinajstić information content (AvgIpc) is 2.70. The van der Waals surface area contributed by atoms with E-state index in [0.29, 0.717) is 18.8 Å². The largest absolute Gasteiger partial charge is 0.354 e. The number of aryl methyl sites for hydroxylation is 2. The van der Waals surface area contributed by atoms with Crippen LogP contribution in [0.2, 0.25) is 0 Å². The van der Waals surface area contributed by atoms with Crippen molar-refractivity contribution < 1.29 is 9.59 Å². The van der Waals surface area contributed by atoms with Crippen LogP contribution in [0, 0.1) is 13.8 Å². The Hall–Kier alpha value is -1.79. The third-order valence-electron chi connectivity index (χ3n) is 4.76. The number of rotatable bonds is 10. The first-order valence-corrected chi connectivity index (χ1v) is 12.2. The van der Waals surface area contributed by atoms with Gasteiger partial charge in [-0.05, 0) is 50.5 Å². The molecule has 2 aromatic carbocycles. The van der Waals surface area contributed by atoms with E-state index in [9.17, 15) is 9.59 Å². The smallest absolute Gasteiger partial charge is 0.242 e. The van der Waals surface area contributed by atoms with Gasteiger partial charge in [-0.15, -0.1) is 11.8 Å². The van der Waals surface area contributed by atoms with Crippen LogP contribution in [0.4, 0.5) is 0 Å². The molecule has 1 N–H and O–H groups in total. The molecule has 0 bridgehead atoms. The predicted octanol–water partition coefficient (Wildman–Crippen LogP) is 5.24. The van der Waals surface area contributed by atoms with E-state index in [1.807, 2.05) is 31.2 Å². The molecule has 0 aliphatic rings. The normalized spacial score (nSPS) is 11.8. The van der Waals surface area contributed by atoms with Crippen LogP contribution in [0.3, 0.4) is 0 Å². The molecule has 0 radical (unpaired) electrons. The second kappa shape index (κ2) is 12.2. The predicted molar refractivity (Wildman–Crippen MR) is 130 cm³/mol. The van der Waals surface area contributed by atoms with Crippen molar-refractivity contribution in [3.63, 3.8) is 0 Å². The van der Waals surface area contributed by atoms with Crippen molar-refractivity contribution in [1.82, 2.24) is 10.2 Å². The van der Waals surface area contributed by atoms with Crippen molar-refractivity contribution in [3.8, 4) is 0 Å². The van der Waals surface area contributed by atoms with Crippen LogP contribution in [0.15, 0.2) is 46.9 Å². The molecule has 0 fully saturated rings. The Balaban J connectivity index is 2.06. The number of nitrogens with zero attached hydrogens (tertiary/aromatic N) is 1. The summed E-state index contributed by atoms with van der Waals surface area (Å²) in [7, 11) is 0. The minimum atomic E-state index is -0.519. The summed E-state index contributed by atoms with van der Waals surface area (Å²) in [6.45, 7) is 9.02. The molecule has 0 aromatic heterocycles. The highest BCUT2D eigenvalue weighted by Gasteiger charge is 2.25. The molecule has 6 heteroatoms. The van der Waals surface area contributed by atoms with Crippen LogP contribution in [0.1, 0.15) is 42.5 Å². The third-order valence-corrected chi connectivity index (χ3v) is 6.28. The van der Waals surface area contributed by atoms with Gasteiger partial charge in [-0.1, -0.05) is 64.3 Å². The average molecular weight is 491 g/mol. The van der Waals surface area contributed by atoms with Crippen molar-refractivity contribution in [2.24, 2.45) is 0 Å². The van der Waals surface area contributed by atoms with Gasteiger partial charge >= 0.3 is 0 Å². The number of hydrogen-bond acceptors (Lipinski definition) is 3. The Bertz CT molecular complexity index is 835. The molecule has 0 saturated heterocycles. The minimum absolute atomic E-state index is 0.0218. The molecule has 0 saturated carbocycles. The molecule has 2 rings (SSSR count). The topological polar surface area (TPSA) is 49.4 Å². The first-order valence-electron chi connectivity index (χ1n) is 10.3. The van der Waals surface area contributed by atoms with E-state index in [1.54, 1.807) is 23.6 Å². The zero-order valence-corrected chi connectivity index (χ0v) is 20.6. The molecular formula is C24H31BrN2O2S. The highest BCUT2D eigenvalue weighted by atomic mass is 79.9. The quantitative estimate of drug-likeness (QED) is 0.495. The zero-order chi connectivity index (χ0) is 22.1. The Kier molecular flexibility index (Phi) is 9.92. The van der Waals surface area contributed by atoms with E-state index in [1.165, 1.54) is 16.7 Å². The van der Waals surface area contributed by atoms with Crippen LogP contribution in [-0.2, 0) is 21.9 Å². The third kappa shape index (κ3) is 7.80. The highest BCUT2D eigenvalue weighted by Crippen LogP contribution is 2.19. The van der Waals surface area contributed by atoms with Gasteiger partial charge in [0, 0.05) is 23.3 Å². The van der Waals surface area contributed by atoms with Gasteiger partial charge < -0.3 is 10.2 Å². The molecule has 2 aromatic rings. The van der Waals surface area contributed by atoms with Crippen LogP contribution in [0.5, 0.6) is 0 Å². The fraction of sp³-hybridized carbons (Fsp3) is 0.417. The second-order valence-electron chi connectivity index (χ2n) is 7.60. The lowest BCUT2D eigenvalue weighted by atomic mass is 10.1. The molecule has 0 spiro atoms. The second-order valence-corrected chi connectivity index (χ2v) is 9.51. The lowest BCUT2D eigenvalue weighted by Crippen LogP contribution is -2.48. The van der Waals surface area contributed by atoms with Gasteiger partial charge in [-0.25, -0.2) is 0 Å². The standard InChI is InChI=1S/C24H31BrN2O2S/c1-5-10-26-24(29)19(4)27(14-20-6-8-22(25)9-7-20)23(28)16-30-15-21-12-17(2)11-18(3)13-21/h6-9,11-13,19H,5,10,14-16H2,1-4H3,(H,26,29). The van der Waals surface area contributed by atoms with E-state index in [2.05, 4.69) is 53.3 Å². The number of hydrogen-bond donors (Lipinski definition) is 1. The molecule has 1 atom stereocenters. The van der Waals surface area contributed by atoms with Crippen LogP contribution in [0.25, 0.3) is 0 Å². The number of carbonyl (C=O) groups excluding carboxylic acids is 2. The number of thioether (sulfide) groups is 1. The molecular weight excluding hydrogens is 460 g/mol. The number of amides is 2. The first kappa shape index (κ1) is 24.5. The van der Waals surface area contributed by atoms with Crippen LogP contribution in [-0.4, -0.2) is 35.1 Å². The number of benzene rings is 2. The number of halogens is 1. The maximum atomic E-state index is 13.1. The van der Waals surface area contributed by atoms with Gasteiger partial charge in [0.1, 0.15) is 6.04 Å². The Morgan fingerprint density at radius 2 is 1.70 bits per heavy atom. The molecule has 4 nitrogen and oxygen atoms in total. The highest BCUT2D eigenvalue weighted by molar-refractivity contribution is 9.10. The van der Waals surface area contributed by atoms with Gasteiger partial charge in [0.25, 0.3) is 0 Å². The number of nitrogens with one attached hydrogen (secondary N) is 1. The molecule has 1 unspecified atom stereocenters. The molecule has 0 aliphatic heterocycles. The fourth-order valence-electron chi connectivity index (χ4n) is 3.26. The van der Waals surface area contributed by atoms with Gasteiger partial charge in [-0.3, -0.25) is 9.59 Å². The maximum absolute atomic E-state index is 13.1. The van der Waals surface area contributed by atoms with Crippen molar-refractivity contribution in [2.45, 2.75) is 52.5 Å². The van der Waals surface area contributed by atoms with E-state index in [-0.39, 0.29) is 11.8 Å². The minimum Gasteiger partial charge on any atom is -0.354 e. The summed E-state index contributed by atoms with van der Waals surface area (Å²) >= 11 is 5.03. The van der Waals surface area contributed by atoms with E-state index in [4.69, 9.17) is 0 Å². The lowest BCUT2D eigenvalue weighted by Gasteiger charge is -2.28. The molecule has 0 heterocycles. The zero-order valence-electron chi connectivity index (χ0n) is 18.2. The maximum Gasteiger partial charge on any atom is 0.242 e. The lowest BCUT2D eigenvalue weighted by molar-refractivity contribution is -0.138. The Morgan fingerprint density at radius 1 is 1.07 bits per heavy atom. The summed E-state index contributed by atoms with van der Waals surface area (Å²) in [6.07, 6.45) is 0.866. The SMILES string of the molecule is CCCNC(=O)C(C)N(Cc1ccc(Br)cc1)C(=O)CSCc1cc(C)cc(C)c1. The molecule has 162 valence electrons. The molecule has 0 aliphatic carbocycles. The summed E-state index contributed by atoms with van der Waals surface area (Å²) in [4.78, 5) is 27.3. The van der Waals surface area contributed by atoms with Gasteiger partial charge in [0.2, 0.25) is 11.8 Å². The van der Waals surface area contributed by atoms with Gasteiger partial charge in [0.15, 0.2) is 0 Å². The summed E-state index contributed by atoms with van der Waals surface area (Å²) in [5, 5.41) is 2.91. The Labute approximate surface area is 192 Å². The molecule has 30 heavy (non-hydrogen) atoms. The van der Waals surface area contributed by atoms with Crippen molar-refractivity contribution in [2.75, 3.05) is 12.3 Å². The summed E-state index contributed by atoms with van der Waals surface area (Å²) in [6, 6.07) is 13.8. The van der Waals surface area contributed by atoms with Crippen molar-refractivity contribution >= 4 is 39.5 Å². The van der Waals surface area contributed by atoms with Gasteiger partial charge in [0.05, 0.1) is 5.75 Å².